The molecular formula is C74H80F8N8O4S2. The zero-order chi connectivity index (χ0) is 90.2. The van der Waals surface area contributed by atoms with E-state index in [1.807, 2.05) is 0 Å². The van der Waals surface area contributed by atoms with Crippen LogP contribution in [0.15, 0.2) is 153 Å². The van der Waals surface area contributed by atoms with E-state index < -0.39 is 184 Å². The lowest BCUT2D eigenvalue weighted by Gasteiger charge is -2.28. The average Bonchev–Trinajstić information content (AvgIpc) is 0.799. The minimum Gasteiger partial charge on any atom is -0.336 e. The summed E-state index contributed by atoms with van der Waals surface area (Å²) >= 11 is 1.63. The standard InChI is InChI=1S/2C37H40F4N4O2S/c2*1-4-43(5-2)19-20-44(22-27-11-18-31(25(3)21-27)28-12-14-29(15-13-28)37(39,40)41)34(46)23-45-33-8-6-7-32(33)35(47)42-36(45)48-24-26-9-16-30(38)17-10-26/h2*9-18,21H,4-8,19-20,22-24H2,1-3H3/i4D2,5D2,11D,18D,19D2,20D2,21D,23D2;4D2,5D2,11D,18D,21D,22D2,23D2. The van der Waals surface area contributed by atoms with Gasteiger partial charge in [0.2, 0.25) is 11.8 Å². The van der Waals surface area contributed by atoms with Crippen LogP contribution >= 0.6 is 23.5 Å². The predicted molar refractivity (Wildman–Crippen MR) is 363 cm³/mol. The van der Waals surface area contributed by atoms with Crippen LogP contribution in [-0.2, 0) is 85.2 Å². The molecule has 0 aliphatic heterocycles. The van der Waals surface area contributed by atoms with Gasteiger partial charge in [-0.05, 0) is 183 Å². The molecule has 2 aromatic heterocycles. The Hall–Kier alpha value is -7.92. The molecule has 2 amide bonds. The maximum atomic E-state index is 15.0. The van der Waals surface area contributed by atoms with Crippen LogP contribution in [0.3, 0.4) is 0 Å². The third-order valence-corrected chi connectivity index (χ3v) is 17.1. The number of benzene rings is 6. The lowest BCUT2D eigenvalue weighted by Crippen LogP contribution is -2.40. The van der Waals surface area contributed by atoms with E-state index in [2.05, 4.69) is 9.97 Å². The zero-order valence-electron chi connectivity index (χ0n) is 76.6. The van der Waals surface area contributed by atoms with Crippen molar-refractivity contribution in [3.63, 3.8) is 0 Å². The van der Waals surface area contributed by atoms with Crippen molar-refractivity contribution in [1.82, 2.24) is 38.7 Å². The Morgan fingerprint density at radius 2 is 0.948 bits per heavy atom. The van der Waals surface area contributed by atoms with E-state index in [0.29, 0.717) is 33.8 Å². The molecular weight excluding hydrogens is 1280 g/mol. The molecule has 0 atom stereocenters. The van der Waals surface area contributed by atoms with Gasteiger partial charge in [0.05, 0.1) is 30.3 Å². The normalized spacial score (nSPS) is 17.8. The summed E-state index contributed by atoms with van der Waals surface area (Å²) in [6.45, 7) is -25.8. The Morgan fingerprint density at radius 1 is 0.531 bits per heavy atom. The molecule has 2 aliphatic rings. The van der Waals surface area contributed by atoms with Crippen molar-refractivity contribution >= 4 is 35.3 Å². The minimum atomic E-state index is -4.70. The molecule has 0 radical (unpaired) electrons. The monoisotopic (exact) mass is 1380 g/mol. The summed E-state index contributed by atoms with van der Waals surface area (Å²) in [4.78, 5) is 65.2. The molecule has 2 heterocycles. The Morgan fingerprint density at radius 3 is 1.38 bits per heavy atom. The van der Waals surface area contributed by atoms with Crippen LogP contribution in [0.25, 0.3) is 22.3 Å². The van der Waals surface area contributed by atoms with Crippen LogP contribution in [-0.4, -0.2) is 103 Å². The molecule has 0 bridgehead atoms. The van der Waals surface area contributed by atoms with Crippen LogP contribution in [0.5, 0.6) is 0 Å². The number of thioether (sulfide) groups is 2. The Balaban J connectivity index is 0.000000273. The second-order valence-electron chi connectivity index (χ2n) is 21.5. The molecule has 2 aliphatic carbocycles. The van der Waals surface area contributed by atoms with Gasteiger partial charge in [-0.2, -0.15) is 36.3 Å². The fourth-order valence-corrected chi connectivity index (χ4v) is 12.0. The summed E-state index contributed by atoms with van der Waals surface area (Å²) in [7, 11) is 0. The first-order valence-corrected chi connectivity index (χ1v) is 31.7. The lowest BCUT2D eigenvalue weighted by atomic mass is 9.97. The molecule has 0 spiro atoms. The van der Waals surface area contributed by atoms with E-state index in [1.165, 1.54) is 50.2 Å². The highest BCUT2D eigenvalue weighted by Crippen LogP contribution is 2.35. The number of alkyl halides is 6. The van der Waals surface area contributed by atoms with E-state index in [1.54, 1.807) is 0 Å². The number of hydrogen-bond donors (Lipinski definition) is 0. The maximum Gasteiger partial charge on any atom is 0.416 e. The van der Waals surface area contributed by atoms with Crippen LogP contribution in [0.2, 0.25) is 0 Å². The molecule has 12 nitrogen and oxygen atoms in total. The molecule has 0 saturated heterocycles. The van der Waals surface area contributed by atoms with E-state index in [0.717, 1.165) is 121 Å². The largest absolute Gasteiger partial charge is 0.416 e. The number of nitrogens with zero attached hydrogens (tertiary/aromatic N) is 8. The highest BCUT2D eigenvalue weighted by atomic mass is 32.2. The van der Waals surface area contributed by atoms with Crippen molar-refractivity contribution in [3.05, 3.63) is 233 Å². The fraction of sp³-hybridized carbons (Fsp3) is 0.378. The molecule has 10 rings (SSSR count). The molecule has 6 aromatic carbocycles. The third kappa shape index (κ3) is 18.8. The van der Waals surface area contributed by atoms with Crippen LogP contribution in [0.4, 0.5) is 35.1 Å². The molecule has 0 saturated carbocycles. The number of hydrogen-bond acceptors (Lipinski definition) is 10. The Labute approximate surface area is 597 Å². The van der Waals surface area contributed by atoms with Gasteiger partial charge in [0.25, 0.3) is 11.1 Å². The summed E-state index contributed by atoms with van der Waals surface area (Å²) in [6, 6.07) is 12.9. The van der Waals surface area contributed by atoms with Crippen molar-refractivity contribution < 1.29 is 77.6 Å². The number of aromatic nitrogens is 4. The van der Waals surface area contributed by atoms with Crippen molar-refractivity contribution in [2.45, 2.75) is 140 Å². The van der Waals surface area contributed by atoms with Crippen molar-refractivity contribution in [1.29, 1.82) is 0 Å². The average molecular weight is 1390 g/mol. The van der Waals surface area contributed by atoms with E-state index >= 15 is 4.79 Å². The lowest BCUT2D eigenvalue weighted by molar-refractivity contribution is -0.138. The quantitative estimate of drug-likeness (QED) is 0.0295. The van der Waals surface area contributed by atoms with Gasteiger partial charge in [-0.15, -0.1) is 0 Å². The van der Waals surface area contributed by atoms with Crippen molar-refractivity contribution in [2.75, 3.05) is 52.1 Å². The molecule has 8 aromatic rings. The maximum absolute atomic E-state index is 15.0. The number of rotatable bonds is 26. The predicted octanol–water partition coefficient (Wildman–Crippen LogP) is 15.1. The summed E-state index contributed by atoms with van der Waals surface area (Å²) in [6.07, 6.45) is -8.18. The molecule has 0 fully saturated rings. The molecule has 96 heavy (non-hydrogen) atoms. The number of fused-ring (bicyclic) bond motifs is 2. The van der Waals surface area contributed by atoms with Crippen LogP contribution < -0.4 is 11.1 Å². The summed E-state index contributed by atoms with van der Waals surface area (Å²) < 4.78 is 322. The van der Waals surface area contributed by atoms with Gasteiger partial charge in [0.15, 0.2) is 10.3 Å². The highest BCUT2D eigenvalue weighted by molar-refractivity contribution is 7.98. The summed E-state index contributed by atoms with van der Waals surface area (Å²) in [5.41, 5.74) is -4.20. The second-order valence-corrected chi connectivity index (χ2v) is 23.4. The summed E-state index contributed by atoms with van der Waals surface area (Å²) in [5.74, 6) is -4.59. The first kappa shape index (κ1) is 46.3. The molecule has 0 unspecified atom stereocenters. The topological polar surface area (TPSA) is 117 Å². The summed E-state index contributed by atoms with van der Waals surface area (Å²) in [5, 5.41) is -0.649. The minimum absolute atomic E-state index is 0.00350. The second kappa shape index (κ2) is 32.9. The first-order chi connectivity index (χ1) is 54.9. The number of likely N-dealkylation sites (N-methyl/N-ethyl adjacent to an activating group) is 2. The van der Waals surface area contributed by atoms with Gasteiger partial charge in [0.1, 0.15) is 24.6 Å². The number of halogens is 8. The highest BCUT2D eigenvalue weighted by Gasteiger charge is 2.32. The molecule has 0 N–H and O–H groups in total. The first-order valence-electron chi connectivity index (χ1n) is 41.8. The Bertz CT molecular complexity index is 5250. The Kier molecular flexibility index (Phi) is 15.9. The number of carbonyl (C=O) groups excluding carboxylic acids is 2. The van der Waals surface area contributed by atoms with Crippen molar-refractivity contribution in [3.8, 4) is 22.3 Å². The smallest absolute Gasteiger partial charge is 0.336 e. The number of carbonyl (C=O) groups is 2. The zero-order valence-corrected chi connectivity index (χ0v) is 54.2. The third-order valence-electron chi connectivity index (χ3n) is 15.1. The van der Waals surface area contributed by atoms with Gasteiger partial charge < -0.3 is 28.7 Å². The van der Waals surface area contributed by atoms with Crippen LogP contribution in [0.1, 0.15) is 140 Å². The van der Waals surface area contributed by atoms with E-state index in [-0.39, 0.29) is 113 Å². The van der Waals surface area contributed by atoms with Gasteiger partial charge >= 0.3 is 12.4 Å². The van der Waals surface area contributed by atoms with Gasteiger partial charge in [-0.3, -0.25) is 19.2 Å². The van der Waals surface area contributed by atoms with Gasteiger partial charge in [0, 0.05) is 86.9 Å². The van der Waals surface area contributed by atoms with Crippen LogP contribution in [0, 0.1) is 25.5 Å². The SMILES string of the molecule is [2H]c1c([2H])c(-c2ccc(C(F)(F)F)cc2)c(C)c([2H])c1CN(C(=O)C([2H])([2H])n1c(SCc2ccc(F)cc2)nc(=O)c2c1CCC2)C([2H])([2H])C([2H])([2H])N(C([2H])([2H])C)C([2H])([2H])C.[2H]c1c([2H])c(C([2H])([2H])N(CCN(C([2H])([2H])C)C([2H])([2H])C)C(=O)C([2H])([2H])n2c(SCc3ccc(F)cc3)nc(=O)c3c2CCC3)c([2H])c(C)c1-c1ccc(C(F)(F)F)cc1. The van der Waals surface area contributed by atoms with E-state index in [9.17, 15) is 60.5 Å². The van der Waals surface area contributed by atoms with Crippen molar-refractivity contribution in [2.24, 2.45) is 0 Å². The molecule has 508 valence electrons. The molecule has 22 heteroatoms. The fourth-order valence-electron chi connectivity index (χ4n) is 10.2. The van der Waals surface area contributed by atoms with Gasteiger partial charge in [-0.25, -0.2) is 8.78 Å². The van der Waals surface area contributed by atoms with E-state index in [4.69, 9.17) is 21.9 Å². The number of amides is 2. The van der Waals surface area contributed by atoms with Gasteiger partial charge in [-0.1, -0.05) is 136 Å².